The highest BCUT2D eigenvalue weighted by molar-refractivity contribution is 7.09. The molecule has 2 heterocycles. The molecule has 3 rings (SSSR count). The molecule has 0 spiro atoms. The van der Waals surface area contributed by atoms with E-state index in [0.29, 0.717) is 11.6 Å². The van der Waals surface area contributed by atoms with Crippen LogP contribution in [0.4, 0.5) is 0 Å². The fourth-order valence-corrected chi connectivity index (χ4v) is 4.14. The Balaban J connectivity index is 1.53. The molecule has 0 bridgehead atoms. The fraction of sp³-hybridized carbons (Fsp3) is 0.474. The Morgan fingerprint density at radius 1 is 1.08 bits per heavy atom. The molecular formula is C19H25ClN2OS. The maximum absolute atomic E-state index is 6.31. The van der Waals surface area contributed by atoms with Gasteiger partial charge in [0.1, 0.15) is 5.75 Å². The van der Waals surface area contributed by atoms with Crippen LogP contribution in [0, 0.1) is 0 Å². The molecule has 1 aromatic carbocycles. The lowest BCUT2D eigenvalue weighted by molar-refractivity contribution is 0.248. The van der Waals surface area contributed by atoms with Crippen LogP contribution in [0.15, 0.2) is 35.7 Å². The molecule has 1 fully saturated rings. The predicted molar refractivity (Wildman–Crippen MR) is 102 cm³/mol. The van der Waals surface area contributed by atoms with Gasteiger partial charge in [0.15, 0.2) is 0 Å². The van der Waals surface area contributed by atoms with Crippen molar-refractivity contribution in [2.24, 2.45) is 0 Å². The van der Waals surface area contributed by atoms with E-state index in [1.165, 1.54) is 23.4 Å². The molecule has 1 aliphatic heterocycles. The van der Waals surface area contributed by atoms with Crippen molar-refractivity contribution >= 4 is 22.9 Å². The van der Waals surface area contributed by atoms with Crippen LogP contribution < -0.4 is 4.74 Å². The summed E-state index contributed by atoms with van der Waals surface area (Å²) in [5.41, 5.74) is 1.26. The molecule has 3 nitrogen and oxygen atoms in total. The first-order valence-electron chi connectivity index (χ1n) is 8.63. The van der Waals surface area contributed by atoms with Gasteiger partial charge >= 0.3 is 0 Å². The highest BCUT2D eigenvalue weighted by Crippen LogP contribution is 2.26. The lowest BCUT2D eigenvalue weighted by Gasteiger charge is -2.21. The normalized spacial score (nSPS) is 16.9. The number of thiophene rings is 1. The van der Waals surface area contributed by atoms with E-state index in [1.54, 1.807) is 0 Å². The Kier molecular flexibility index (Phi) is 6.55. The number of hydrogen-bond acceptors (Lipinski definition) is 4. The molecule has 24 heavy (non-hydrogen) atoms. The van der Waals surface area contributed by atoms with Crippen molar-refractivity contribution in [1.29, 1.82) is 0 Å². The topological polar surface area (TPSA) is 15.7 Å². The molecule has 1 aliphatic rings. The maximum Gasteiger partial charge on any atom is 0.137 e. The van der Waals surface area contributed by atoms with Crippen molar-refractivity contribution in [3.63, 3.8) is 0 Å². The Hall–Kier alpha value is -1.07. The summed E-state index contributed by atoms with van der Waals surface area (Å²) in [6.45, 7) is 9.22. The molecule has 5 heteroatoms. The van der Waals surface area contributed by atoms with Gasteiger partial charge in [0.05, 0.1) is 11.6 Å². The molecule has 1 aromatic heterocycles. The van der Waals surface area contributed by atoms with Crippen LogP contribution in [-0.2, 0) is 13.1 Å². The van der Waals surface area contributed by atoms with Gasteiger partial charge in [0.2, 0.25) is 0 Å². The van der Waals surface area contributed by atoms with Gasteiger partial charge in [-0.15, -0.1) is 11.3 Å². The second-order valence-electron chi connectivity index (χ2n) is 6.18. The summed E-state index contributed by atoms with van der Waals surface area (Å²) in [4.78, 5) is 6.55. The number of hydrogen-bond donors (Lipinski definition) is 0. The van der Waals surface area contributed by atoms with Crippen molar-refractivity contribution in [2.45, 2.75) is 26.4 Å². The maximum atomic E-state index is 6.31. The second kappa shape index (κ2) is 8.86. The zero-order valence-corrected chi connectivity index (χ0v) is 15.8. The molecule has 130 valence electrons. The monoisotopic (exact) mass is 364 g/mol. The van der Waals surface area contributed by atoms with Crippen LogP contribution in [-0.4, -0.2) is 42.6 Å². The number of halogens is 1. The molecule has 1 saturated heterocycles. The molecule has 2 aromatic rings. The average Bonchev–Trinajstić information content (AvgIpc) is 2.98. The van der Waals surface area contributed by atoms with Gasteiger partial charge in [-0.05, 0) is 55.6 Å². The lowest BCUT2D eigenvalue weighted by atomic mass is 10.2. The van der Waals surface area contributed by atoms with E-state index < -0.39 is 0 Å². The summed E-state index contributed by atoms with van der Waals surface area (Å²) < 4.78 is 5.51. The third kappa shape index (κ3) is 4.96. The minimum atomic E-state index is 0.644. The van der Waals surface area contributed by atoms with E-state index >= 15 is 0 Å². The lowest BCUT2D eigenvalue weighted by Crippen LogP contribution is -2.30. The molecule has 0 saturated carbocycles. The van der Waals surface area contributed by atoms with Gasteiger partial charge in [0, 0.05) is 31.1 Å². The van der Waals surface area contributed by atoms with Gasteiger partial charge < -0.3 is 4.74 Å². The zero-order chi connectivity index (χ0) is 16.8. The SMILES string of the molecule is CCOc1ccc(CN2CCCN(Cc3cccs3)CC2)cc1Cl. The number of benzene rings is 1. The van der Waals surface area contributed by atoms with Gasteiger partial charge in [-0.3, -0.25) is 9.80 Å². The summed E-state index contributed by atoms with van der Waals surface area (Å²) in [6.07, 6.45) is 1.22. The Labute approximate surface area is 153 Å². The largest absolute Gasteiger partial charge is 0.492 e. The van der Waals surface area contributed by atoms with Crippen molar-refractivity contribution in [3.8, 4) is 5.75 Å². The highest BCUT2D eigenvalue weighted by Gasteiger charge is 2.16. The van der Waals surface area contributed by atoms with Crippen molar-refractivity contribution in [2.75, 3.05) is 32.8 Å². The summed E-state index contributed by atoms with van der Waals surface area (Å²) in [6, 6.07) is 10.5. The molecule has 0 radical (unpaired) electrons. The first-order chi connectivity index (χ1) is 11.7. The Bertz CT molecular complexity index is 632. The smallest absolute Gasteiger partial charge is 0.137 e. The van der Waals surface area contributed by atoms with Crippen LogP contribution in [0.2, 0.25) is 5.02 Å². The number of nitrogens with zero attached hydrogens (tertiary/aromatic N) is 2. The van der Waals surface area contributed by atoms with E-state index in [2.05, 4.69) is 33.4 Å². The van der Waals surface area contributed by atoms with Crippen LogP contribution in [0.25, 0.3) is 0 Å². The molecular weight excluding hydrogens is 340 g/mol. The van der Waals surface area contributed by atoms with Crippen LogP contribution in [0.3, 0.4) is 0 Å². The fourth-order valence-electron chi connectivity index (χ4n) is 3.14. The van der Waals surface area contributed by atoms with E-state index in [9.17, 15) is 0 Å². The third-order valence-electron chi connectivity index (χ3n) is 4.34. The summed E-state index contributed by atoms with van der Waals surface area (Å²) in [5, 5.41) is 2.87. The molecule has 0 atom stereocenters. The number of ether oxygens (including phenoxy) is 1. The molecule has 0 N–H and O–H groups in total. The zero-order valence-electron chi connectivity index (χ0n) is 14.2. The molecule has 0 aliphatic carbocycles. The average molecular weight is 365 g/mol. The van der Waals surface area contributed by atoms with Crippen molar-refractivity contribution in [1.82, 2.24) is 9.80 Å². The van der Waals surface area contributed by atoms with Gasteiger partial charge in [0.25, 0.3) is 0 Å². The first kappa shape index (κ1) is 17.7. The van der Waals surface area contributed by atoms with E-state index in [0.717, 1.165) is 38.5 Å². The van der Waals surface area contributed by atoms with Crippen LogP contribution >= 0.6 is 22.9 Å². The predicted octanol–water partition coefficient (Wildman–Crippen LogP) is 4.51. The molecule has 0 amide bonds. The first-order valence-corrected chi connectivity index (χ1v) is 9.88. The summed E-state index contributed by atoms with van der Waals surface area (Å²) >= 11 is 8.16. The van der Waals surface area contributed by atoms with Gasteiger partial charge in [-0.25, -0.2) is 0 Å². The van der Waals surface area contributed by atoms with E-state index in [1.807, 2.05) is 30.4 Å². The van der Waals surface area contributed by atoms with Crippen molar-refractivity contribution < 1.29 is 4.74 Å². The highest BCUT2D eigenvalue weighted by atomic mass is 35.5. The van der Waals surface area contributed by atoms with Gasteiger partial charge in [-0.1, -0.05) is 23.7 Å². The Morgan fingerprint density at radius 3 is 2.54 bits per heavy atom. The standard InChI is InChI=1S/C19H25ClN2OS/c1-2-23-19-7-6-16(13-18(19)20)14-21-8-4-9-22(11-10-21)15-17-5-3-12-24-17/h3,5-7,12-13H,2,4,8-11,14-15H2,1H3. The quantitative estimate of drug-likeness (QED) is 0.750. The molecule has 0 unspecified atom stereocenters. The van der Waals surface area contributed by atoms with E-state index in [4.69, 9.17) is 16.3 Å². The Morgan fingerprint density at radius 2 is 1.88 bits per heavy atom. The second-order valence-corrected chi connectivity index (χ2v) is 7.62. The van der Waals surface area contributed by atoms with Gasteiger partial charge in [-0.2, -0.15) is 0 Å². The minimum absolute atomic E-state index is 0.644. The van der Waals surface area contributed by atoms with Crippen LogP contribution in [0.5, 0.6) is 5.75 Å². The minimum Gasteiger partial charge on any atom is -0.492 e. The van der Waals surface area contributed by atoms with Crippen LogP contribution in [0.1, 0.15) is 23.8 Å². The van der Waals surface area contributed by atoms with Crippen molar-refractivity contribution in [3.05, 3.63) is 51.2 Å². The van der Waals surface area contributed by atoms with E-state index in [-0.39, 0.29) is 0 Å². The summed E-state index contributed by atoms with van der Waals surface area (Å²) in [5.74, 6) is 0.779. The summed E-state index contributed by atoms with van der Waals surface area (Å²) in [7, 11) is 0. The third-order valence-corrected chi connectivity index (χ3v) is 5.50. The number of rotatable bonds is 6.